The van der Waals surface area contributed by atoms with E-state index in [2.05, 4.69) is 5.32 Å². The number of hydrogen-bond acceptors (Lipinski definition) is 2. The van der Waals surface area contributed by atoms with E-state index >= 15 is 0 Å². The molecule has 1 atom stereocenters. The summed E-state index contributed by atoms with van der Waals surface area (Å²) in [5, 5.41) is 3.04. The Labute approximate surface area is 181 Å². The average Bonchev–Trinajstić information content (AvgIpc) is 2.84. The number of benzene rings is 3. The molecule has 0 saturated heterocycles. The van der Waals surface area contributed by atoms with Gasteiger partial charge in [-0.3, -0.25) is 9.59 Å². The lowest BCUT2D eigenvalue weighted by Gasteiger charge is -2.31. The standard InChI is InChI=1S/C22H14Cl2F2N2O2/c23-13-6-9-18-15(10-13)21(12-4-7-14(25)8-5-12)28(11-19(29)27-18)22(30)20-16(24)2-1-3-17(20)26/h1-10,21H,11H2,(H,27,29)/t21-/m1/s1. The molecule has 0 saturated carbocycles. The zero-order chi connectivity index (χ0) is 21.4. The molecule has 3 aromatic rings. The maximum atomic E-state index is 14.5. The molecule has 0 bridgehead atoms. The fourth-order valence-electron chi connectivity index (χ4n) is 3.52. The van der Waals surface area contributed by atoms with Crippen LogP contribution in [-0.4, -0.2) is 23.3 Å². The van der Waals surface area contributed by atoms with Gasteiger partial charge in [0.15, 0.2) is 0 Å². The lowest BCUT2D eigenvalue weighted by Crippen LogP contribution is -2.39. The molecular formula is C22H14Cl2F2N2O2. The van der Waals surface area contributed by atoms with Gasteiger partial charge in [0.05, 0.1) is 16.6 Å². The maximum Gasteiger partial charge on any atom is 0.259 e. The first-order chi connectivity index (χ1) is 14.3. The zero-order valence-corrected chi connectivity index (χ0v) is 16.8. The fourth-order valence-corrected chi connectivity index (χ4v) is 3.94. The SMILES string of the molecule is O=C1CN(C(=O)c2c(F)cccc2Cl)[C@H](c2ccc(F)cc2)c2cc(Cl)ccc2N1. The molecule has 0 fully saturated rings. The Kier molecular flexibility index (Phi) is 5.45. The Morgan fingerprint density at radius 3 is 2.47 bits per heavy atom. The van der Waals surface area contributed by atoms with Crippen molar-refractivity contribution in [3.8, 4) is 0 Å². The topological polar surface area (TPSA) is 49.4 Å². The van der Waals surface area contributed by atoms with Gasteiger partial charge in [0.2, 0.25) is 5.91 Å². The van der Waals surface area contributed by atoms with Crippen molar-refractivity contribution >= 4 is 40.7 Å². The number of carbonyl (C=O) groups is 2. The molecule has 0 spiro atoms. The number of anilines is 1. The third kappa shape index (κ3) is 3.76. The molecule has 4 nitrogen and oxygen atoms in total. The highest BCUT2D eigenvalue weighted by Crippen LogP contribution is 2.38. The lowest BCUT2D eigenvalue weighted by molar-refractivity contribution is -0.117. The Balaban J connectivity index is 1.93. The van der Waals surface area contributed by atoms with E-state index in [1.54, 1.807) is 18.2 Å². The van der Waals surface area contributed by atoms with E-state index in [-0.39, 0.29) is 17.1 Å². The minimum absolute atomic E-state index is 0.0752. The first-order valence-corrected chi connectivity index (χ1v) is 9.70. The van der Waals surface area contributed by atoms with E-state index in [4.69, 9.17) is 23.2 Å². The van der Waals surface area contributed by atoms with Crippen LogP contribution < -0.4 is 5.32 Å². The minimum Gasteiger partial charge on any atom is -0.324 e. The lowest BCUT2D eigenvalue weighted by atomic mass is 9.95. The minimum atomic E-state index is -0.832. The van der Waals surface area contributed by atoms with Crippen LogP contribution in [-0.2, 0) is 4.79 Å². The molecule has 0 aliphatic carbocycles. The number of fused-ring (bicyclic) bond motifs is 1. The van der Waals surface area contributed by atoms with Crippen LogP contribution in [0.4, 0.5) is 14.5 Å². The second-order valence-electron chi connectivity index (χ2n) is 6.76. The van der Waals surface area contributed by atoms with Crippen LogP contribution in [0.25, 0.3) is 0 Å². The molecule has 1 aliphatic heterocycles. The molecular weight excluding hydrogens is 433 g/mol. The molecule has 0 aromatic heterocycles. The molecule has 0 radical (unpaired) electrons. The summed E-state index contributed by atoms with van der Waals surface area (Å²) in [5.74, 6) is -2.50. The first kappa shape index (κ1) is 20.3. The van der Waals surface area contributed by atoms with Crippen molar-refractivity contribution in [2.75, 3.05) is 11.9 Å². The monoisotopic (exact) mass is 446 g/mol. The summed E-state index contributed by atoms with van der Waals surface area (Å²) in [4.78, 5) is 27.2. The van der Waals surface area contributed by atoms with Gasteiger partial charge in [0.25, 0.3) is 5.91 Å². The predicted octanol–water partition coefficient (Wildman–Crippen LogP) is 5.46. The second-order valence-corrected chi connectivity index (χ2v) is 7.61. The molecule has 1 aliphatic rings. The smallest absolute Gasteiger partial charge is 0.259 e. The number of rotatable bonds is 2. The van der Waals surface area contributed by atoms with Crippen molar-refractivity contribution in [1.29, 1.82) is 0 Å². The summed E-state index contributed by atoms with van der Waals surface area (Å²) in [6.07, 6.45) is 0. The van der Waals surface area contributed by atoms with Crippen molar-refractivity contribution in [3.05, 3.63) is 99.0 Å². The second kappa shape index (κ2) is 8.05. The van der Waals surface area contributed by atoms with Crippen molar-refractivity contribution < 1.29 is 18.4 Å². The maximum absolute atomic E-state index is 14.5. The van der Waals surface area contributed by atoms with E-state index in [1.807, 2.05) is 0 Å². The predicted molar refractivity (Wildman–Crippen MR) is 111 cm³/mol. The Morgan fingerprint density at radius 2 is 1.77 bits per heavy atom. The van der Waals surface area contributed by atoms with E-state index in [1.165, 1.54) is 41.3 Å². The molecule has 4 rings (SSSR count). The van der Waals surface area contributed by atoms with E-state index in [9.17, 15) is 18.4 Å². The van der Waals surface area contributed by atoms with Crippen LogP contribution in [0, 0.1) is 11.6 Å². The van der Waals surface area contributed by atoms with Crippen LogP contribution in [0.5, 0.6) is 0 Å². The van der Waals surface area contributed by atoms with Crippen LogP contribution >= 0.6 is 23.2 Å². The van der Waals surface area contributed by atoms with Crippen LogP contribution in [0.15, 0.2) is 60.7 Å². The van der Waals surface area contributed by atoms with Gasteiger partial charge in [-0.05, 0) is 48.0 Å². The quantitative estimate of drug-likeness (QED) is 0.568. The number of hydrogen-bond donors (Lipinski definition) is 1. The van der Waals surface area contributed by atoms with E-state index < -0.39 is 29.5 Å². The summed E-state index contributed by atoms with van der Waals surface area (Å²) >= 11 is 12.3. The third-order valence-electron chi connectivity index (χ3n) is 4.83. The van der Waals surface area contributed by atoms with Gasteiger partial charge in [-0.15, -0.1) is 0 Å². The van der Waals surface area contributed by atoms with Gasteiger partial charge < -0.3 is 10.2 Å². The molecule has 152 valence electrons. The van der Waals surface area contributed by atoms with Gasteiger partial charge in [-0.1, -0.05) is 41.4 Å². The highest BCUT2D eigenvalue weighted by Gasteiger charge is 2.35. The Bertz CT molecular complexity index is 1130. The van der Waals surface area contributed by atoms with E-state index in [0.717, 1.165) is 6.07 Å². The number of nitrogens with zero attached hydrogens (tertiary/aromatic N) is 1. The van der Waals surface area contributed by atoms with Crippen molar-refractivity contribution in [2.24, 2.45) is 0 Å². The average molecular weight is 447 g/mol. The highest BCUT2D eigenvalue weighted by molar-refractivity contribution is 6.34. The normalized spacial score (nSPS) is 15.9. The van der Waals surface area contributed by atoms with Gasteiger partial charge in [-0.2, -0.15) is 0 Å². The van der Waals surface area contributed by atoms with Crippen molar-refractivity contribution in [3.63, 3.8) is 0 Å². The van der Waals surface area contributed by atoms with Crippen molar-refractivity contribution in [2.45, 2.75) is 6.04 Å². The number of amides is 2. The fraction of sp³-hybridized carbons (Fsp3) is 0.0909. The van der Waals surface area contributed by atoms with Crippen LogP contribution in [0.1, 0.15) is 27.5 Å². The molecule has 1 heterocycles. The highest BCUT2D eigenvalue weighted by atomic mass is 35.5. The Hall–Kier alpha value is -2.96. The largest absolute Gasteiger partial charge is 0.324 e. The number of halogens is 4. The molecule has 30 heavy (non-hydrogen) atoms. The third-order valence-corrected chi connectivity index (χ3v) is 5.38. The molecule has 0 unspecified atom stereocenters. The van der Waals surface area contributed by atoms with Gasteiger partial charge in [0.1, 0.15) is 18.2 Å². The summed E-state index contributed by atoms with van der Waals surface area (Å²) in [6.45, 7) is -0.363. The van der Waals surface area contributed by atoms with Crippen LogP contribution in [0.3, 0.4) is 0 Å². The van der Waals surface area contributed by atoms with Crippen molar-refractivity contribution in [1.82, 2.24) is 4.90 Å². The summed E-state index contributed by atoms with van der Waals surface area (Å²) in [7, 11) is 0. The zero-order valence-electron chi connectivity index (χ0n) is 15.3. The van der Waals surface area contributed by atoms with Gasteiger partial charge >= 0.3 is 0 Å². The number of carbonyl (C=O) groups excluding carboxylic acids is 2. The molecule has 3 aromatic carbocycles. The first-order valence-electron chi connectivity index (χ1n) is 8.95. The number of nitrogens with one attached hydrogen (secondary N) is 1. The summed E-state index contributed by atoms with van der Waals surface area (Å²) < 4.78 is 28.0. The van der Waals surface area contributed by atoms with Crippen LogP contribution in [0.2, 0.25) is 10.0 Å². The molecule has 1 N–H and O–H groups in total. The Morgan fingerprint density at radius 1 is 1.03 bits per heavy atom. The summed E-state index contributed by atoms with van der Waals surface area (Å²) in [5.41, 5.74) is 1.15. The van der Waals surface area contributed by atoms with E-state index in [0.29, 0.717) is 21.8 Å². The molecule has 2 amide bonds. The summed E-state index contributed by atoms with van der Waals surface area (Å²) in [6, 6.07) is 13.4. The van der Waals surface area contributed by atoms with Gasteiger partial charge in [-0.25, -0.2) is 8.78 Å². The van der Waals surface area contributed by atoms with Gasteiger partial charge in [0, 0.05) is 16.3 Å². The molecule has 8 heteroatoms.